The molecule has 1 rings (SSSR count). The summed E-state index contributed by atoms with van der Waals surface area (Å²) in [6.45, 7) is 9.68. The molecule has 0 aliphatic heterocycles. The standard InChI is InChI=1S/C12H18Cl2O2.H2O2/c1-6-16-9(15)12(14)10(4,5)11(12,13)7-8(2)3;1-2/h7H,6H2,1-5H3;1-2H. The van der Waals surface area contributed by atoms with Crippen LogP contribution in [0.3, 0.4) is 0 Å². The van der Waals surface area contributed by atoms with E-state index in [9.17, 15) is 4.79 Å². The molecule has 2 atom stereocenters. The molecule has 1 aliphatic rings. The van der Waals surface area contributed by atoms with Crippen LogP contribution in [-0.2, 0) is 9.53 Å². The van der Waals surface area contributed by atoms with Crippen LogP contribution < -0.4 is 0 Å². The maximum absolute atomic E-state index is 11.9. The van der Waals surface area contributed by atoms with Crippen LogP contribution in [0.5, 0.6) is 0 Å². The van der Waals surface area contributed by atoms with Gasteiger partial charge < -0.3 is 4.74 Å². The molecule has 2 unspecified atom stereocenters. The molecule has 0 aromatic rings. The molecular weight excluding hydrogens is 279 g/mol. The van der Waals surface area contributed by atoms with Crippen LogP contribution in [0.1, 0.15) is 34.6 Å². The SMILES string of the molecule is CCOC(=O)C1(Cl)C(C)(C)C1(Cl)C=C(C)C.OO. The van der Waals surface area contributed by atoms with Crippen LogP contribution in [-0.4, -0.2) is 32.8 Å². The monoisotopic (exact) mass is 298 g/mol. The van der Waals surface area contributed by atoms with Gasteiger partial charge in [0.05, 0.1) is 6.61 Å². The summed E-state index contributed by atoms with van der Waals surface area (Å²) in [5, 5.41) is 12.0. The first-order chi connectivity index (χ1) is 8.15. The van der Waals surface area contributed by atoms with Crippen LogP contribution in [0, 0.1) is 5.41 Å². The number of allylic oxidation sites excluding steroid dienone is 2. The fourth-order valence-corrected chi connectivity index (χ4v) is 3.24. The molecule has 0 aromatic carbocycles. The molecule has 106 valence electrons. The Balaban J connectivity index is 0.00000137. The summed E-state index contributed by atoms with van der Waals surface area (Å²) in [6, 6.07) is 0. The number of rotatable bonds is 3. The Bertz CT molecular complexity index is 350. The first kappa shape index (κ1) is 17.7. The van der Waals surface area contributed by atoms with E-state index in [1.807, 2.05) is 33.8 Å². The third-order valence-corrected chi connectivity index (χ3v) is 5.14. The summed E-state index contributed by atoms with van der Waals surface area (Å²) in [4.78, 5) is 9.86. The molecule has 0 heterocycles. The Morgan fingerprint density at radius 2 is 1.72 bits per heavy atom. The second kappa shape index (κ2) is 5.78. The van der Waals surface area contributed by atoms with Gasteiger partial charge in [-0.1, -0.05) is 25.5 Å². The second-order valence-electron chi connectivity index (χ2n) is 4.94. The summed E-state index contributed by atoms with van der Waals surface area (Å²) in [5.74, 6) is -0.436. The van der Waals surface area contributed by atoms with Gasteiger partial charge in [0.15, 0.2) is 4.87 Å². The molecule has 4 nitrogen and oxygen atoms in total. The molecule has 1 saturated carbocycles. The first-order valence-corrected chi connectivity index (χ1v) is 6.32. The van der Waals surface area contributed by atoms with Gasteiger partial charge in [0.25, 0.3) is 0 Å². The van der Waals surface area contributed by atoms with E-state index in [4.69, 9.17) is 38.5 Å². The fourth-order valence-electron chi connectivity index (χ4n) is 2.11. The average Bonchev–Trinajstić information content (AvgIpc) is 2.61. The minimum Gasteiger partial charge on any atom is -0.465 e. The van der Waals surface area contributed by atoms with Gasteiger partial charge in [-0.05, 0) is 20.8 Å². The Labute approximate surface area is 117 Å². The number of ether oxygens (including phenoxy) is 1. The average molecular weight is 299 g/mol. The predicted octanol–water partition coefficient (Wildman–Crippen LogP) is 3.53. The largest absolute Gasteiger partial charge is 0.465 e. The number of hydrogen-bond donors (Lipinski definition) is 2. The van der Waals surface area contributed by atoms with Crippen LogP contribution in [0.4, 0.5) is 0 Å². The minimum absolute atomic E-state index is 0.311. The van der Waals surface area contributed by atoms with Gasteiger partial charge in [-0.25, -0.2) is 0 Å². The highest BCUT2D eigenvalue weighted by Gasteiger charge is 2.85. The quantitative estimate of drug-likeness (QED) is 0.275. The molecule has 0 bridgehead atoms. The third kappa shape index (κ3) is 2.27. The molecule has 0 aromatic heterocycles. The van der Waals surface area contributed by atoms with Crippen molar-refractivity contribution in [2.24, 2.45) is 5.41 Å². The van der Waals surface area contributed by atoms with Gasteiger partial charge in [0, 0.05) is 5.41 Å². The number of carbonyl (C=O) groups excluding carboxylic acids is 1. The van der Waals surface area contributed by atoms with Crippen LogP contribution in [0.2, 0.25) is 0 Å². The van der Waals surface area contributed by atoms with Crippen LogP contribution in [0.15, 0.2) is 11.6 Å². The number of carbonyl (C=O) groups is 1. The lowest BCUT2D eigenvalue weighted by Gasteiger charge is -2.10. The molecular formula is C12H20Cl2O4. The van der Waals surface area contributed by atoms with Crippen molar-refractivity contribution in [3.05, 3.63) is 11.6 Å². The second-order valence-corrected chi connectivity index (χ2v) is 6.10. The predicted molar refractivity (Wildman–Crippen MR) is 72.3 cm³/mol. The Kier molecular flexibility index (Phi) is 5.69. The van der Waals surface area contributed by atoms with Gasteiger partial charge in [-0.2, -0.15) is 0 Å². The number of hydrogen-bond acceptors (Lipinski definition) is 4. The lowest BCUT2D eigenvalue weighted by Crippen LogP contribution is -2.28. The van der Waals surface area contributed by atoms with E-state index in [0.717, 1.165) is 5.57 Å². The van der Waals surface area contributed by atoms with E-state index in [1.54, 1.807) is 6.92 Å². The molecule has 18 heavy (non-hydrogen) atoms. The van der Waals surface area contributed by atoms with Gasteiger partial charge >= 0.3 is 5.97 Å². The normalized spacial score (nSPS) is 31.8. The lowest BCUT2D eigenvalue weighted by molar-refractivity contribution is -0.176. The van der Waals surface area contributed by atoms with Crippen LogP contribution in [0.25, 0.3) is 0 Å². The molecule has 1 aliphatic carbocycles. The van der Waals surface area contributed by atoms with E-state index >= 15 is 0 Å². The molecule has 0 radical (unpaired) electrons. The maximum atomic E-state index is 11.9. The summed E-state index contributed by atoms with van der Waals surface area (Å²) >= 11 is 12.8. The smallest absolute Gasteiger partial charge is 0.330 e. The topological polar surface area (TPSA) is 66.8 Å². The Morgan fingerprint density at radius 3 is 2.06 bits per heavy atom. The highest BCUT2D eigenvalue weighted by molar-refractivity contribution is 6.49. The number of alkyl halides is 2. The fraction of sp³-hybridized carbons (Fsp3) is 0.750. The summed E-state index contributed by atoms with van der Waals surface area (Å²) in [7, 11) is 0. The lowest BCUT2D eigenvalue weighted by atomic mass is 10.1. The van der Waals surface area contributed by atoms with Gasteiger partial charge in [-0.3, -0.25) is 15.3 Å². The zero-order valence-corrected chi connectivity index (χ0v) is 12.8. The zero-order chi connectivity index (χ0) is 14.8. The molecule has 6 heteroatoms. The van der Waals surface area contributed by atoms with E-state index in [1.165, 1.54) is 0 Å². The summed E-state index contributed by atoms with van der Waals surface area (Å²) in [5.41, 5.74) is 0.530. The minimum atomic E-state index is -1.16. The van der Waals surface area contributed by atoms with Crippen molar-refractivity contribution in [3.8, 4) is 0 Å². The van der Waals surface area contributed by atoms with Crippen molar-refractivity contribution in [2.75, 3.05) is 6.61 Å². The zero-order valence-electron chi connectivity index (χ0n) is 11.3. The number of halogens is 2. The Morgan fingerprint density at radius 1 is 1.28 bits per heavy atom. The molecule has 0 amide bonds. The van der Waals surface area contributed by atoms with Crippen molar-refractivity contribution >= 4 is 29.2 Å². The van der Waals surface area contributed by atoms with E-state index in [0.29, 0.717) is 6.61 Å². The van der Waals surface area contributed by atoms with E-state index in [-0.39, 0.29) is 0 Å². The van der Waals surface area contributed by atoms with Crippen molar-refractivity contribution < 1.29 is 20.0 Å². The van der Waals surface area contributed by atoms with Gasteiger partial charge in [0.1, 0.15) is 4.87 Å². The molecule has 0 spiro atoms. The summed E-state index contributed by atoms with van der Waals surface area (Å²) < 4.78 is 5.00. The maximum Gasteiger partial charge on any atom is 0.330 e. The van der Waals surface area contributed by atoms with Gasteiger partial charge in [0.2, 0.25) is 0 Å². The summed E-state index contributed by atoms with van der Waals surface area (Å²) in [6.07, 6.45) is 1.85. The van der Waals surface area contributed by atoms with Crippen LogP contribution >= 0.6 is 23.2 Å². The van der Waals surface area contributed by atoms with E-state index < -0.39 is 21.1 Å². The van der Waals surface area contributed by atoms with Crippen molar-refractivity contribution in [1.29, 1.82) is 0 Å². The molecule has 2 N–H and O–H groups in total. The Hall–Kier alpha value is -0.290. The number of esters is 1. The van der Waals surface area contributed by atoms with Crippen molar-refractivity contribution in [1.82, 2.24) is 0 Å². The first-order valence-electron chi connectivity index (χ1n) is 5.56. The van der Waals surface area contributed by atoms with Crippen molar-refractivity contribution in [3.63, 3.8) is 0 Å². The highest BCUT2D eigenvalue weighted by Crippen LogP contribution is 2.74. The van der Waals surface area contributed by atoms with E-state index in [2.05, 4.69) is 0 Å². The molecule has 0 saturated heterocycles. The van der Waals surface area contributed by atoms with Crippen molar-refractivity contribution in [2.45, 2.75) is 44.4 Å². The molecule has 1 fully saturated rings. The third-order valence-electron chi connectivity index (χ3n) is 3.25. The van der Waals surface area contributed by atoms with Gasteiger partial charge in [-0.15, -0.1) is 23.2 Å². The highest BCUT2D eigenvalue weighted by atomic mass is 35.5.